The Bertz CT molecular complexity index is 1360. The van der Waals surface area contributed by atoms with Crippen molar-refractivity contribution in [3.8, 4) is 5.75 Å². The molecule has 34 heavy (non-hydrogen) atoms. The zero-order valence-corrected chi connectivity index (χ0v) is 19.5. The minimum atomic E-state index is -0.689. The summed E-state index contributed by atoms with van der Waals surface area (Å²) < 4.78 is 12.3. The molecule has 0 saturated carbocycles. The fraction of sp³-hybridized carbons (Fsp3) is 0.385. The quantitative estimate of drug-likeness (QED) is 0.436. The number of nitrogens with zero attached hydrogens (tertiary/aromatic N) is 3. The van der Waals surface area contributed by atoms with Crippen LogP contribution in [0.1, 0.15) is 30.1 Å². The van der Waals surface area contributed by atoms with E-state index in [0.29, 0.717) is 24.7 Å². The van der Waals surface area contributed by atoms with Crippen molar-refractivity contribution < 1.29 is 14.3 Å². The number of aromatic nitrogens is 2. The Kier molecular flexibility index (Phi) is 6.36. The number of ether oxygens (including phenoxy) is 1. The van der Waals surface area contributed by atoms with Gasteiger partial charge in [-0.15, -0.1) is 0 Å². The molecular weight excluding hydrogens is 432 g/mol. The monoisotopic (exact) mass is 462 g/mol. The van der Waals surface area contributed by atoms with E-state index in [-0.39, 0.29) is 5.76 Å². The number of hydrogen-bond donors (Lipinski definition) is 2. The number of pyridine rings is 1. The molecule has 3 heterocycles. The molecule has 2 aromatic heterocycles. The number of rotatable bonds is 7. The summed E-state index contributed by atoms with van der Waals surface area (Å²) in [7, 11) is 3.34. The molecule has 0 amide bonds. The van der Waals surface area contributed by atoms with Gasteiger partial charge in [0.05, 0.1) is 24.2 Å². The van der Waals surface area contributed by atoms with Crippen molar-refractivity contribution in [1.82, 2.24) is 19.8 Å². The number of aryl methyl sites for hydroxylation is 1. The summed E-state index contributed by atoms with van der Waals surface area (Å²) in [6, 6.07) is 13.8. The number of piperidine rings is 1. The molecule has 4 aromatic rings. The number of oxazole rings is 1. The average Bonchev–Trinajstić information content (AvgIpc) is 3.15. The standard InChI is InChI=1S/C26H30N4O4/c1-29-23-6-3-17(13-25(23)34-26(29)32)15-30(18-7-10-27-11-8-18)16-24(31)20-9-12-28-22-5-4-19(33-2)14-21(20)22/h3-6,9,12-14,18,24,27,31H,7-8,10-11,15-16H2,1-2H3/t24-/m0/s1. The van der Waals surface area contributed by atoms with Gasteiger partial charge in [0, 0.05) is 37.8 Å². The Morgan fingerprint density at radius 3 is 2.85 bits per heavy atom. The largest absolute Gasteiger partial charge is 0.497 e. The van der Waals surface area contributed by atoms with E-state index >= 15 is 0 Å². The predicted octanol–water partition coefficient (Wildman–Crippen LogP) is 2.98. The normalized spacial score (nSPS) is 15.9. The van der Waals surface area contributed by atoms with Crippen molar-refractivity contribution in [2.75, 3.05) is 26.7 Å². The first kappa shape index (κ1) is 22.6. The molecule has 8 heteroatoms. The molecule has 1 fully saturated rings. The van der Waals surface area contributed by atoms with Crippen molar-refractivity contribution in [2.45, 2.75) is 31.5 Å². The summed E-state index contributed by atoms with van der Waals surface area (Å²) in [5.41, 5.74) is 4.08. The molecule has 5 rings (SSSR count). The molecule has 1 atom stereocenters. The van der Waals surface area contributed by atoms with E-state index in [9.17, 15) is 9.90 Å². The second kappa shape index (κ2) is 9.58. The number of nitrogens with one attached hydrogen (secondary N) is 1. The van der Waals surface area contributed by atoms with E-state index in [1.165, 1.54) is 4.57 Å². The zero-order chi connectivity index (χ0) is 23.7. The molecule has 0 unspecified atom stereocenters. The van der Waals surface area contributed by atoms with Crippen LogP contribution in [0.3, 0.4) is 0 Å². The molecule has 1 aliphatic rings. The molecule has 0 aliphatic carbocycles. The molecule has 0 bridgehead atoms. The van der Waals surface area contributed by atoms with Gasteiger partial charge in [0.2, 0.25) is 0 Å². The summed E-state index contributed by atoms with van der Waals surface area (Å²) in [5.74, 6) is 0.375. The van der Waals surface area contributed by atoms with Crippen LogP contribution in [-0.4, -0.2) is 52.3 Å². The van der Waals surface area contributed by atoms with Gasteiger partial charge in [0.25, 0.3) is 0 Å². The number of hydrogen-bond acceptors (Lipinski definition) is 7. The minimum Gasteiger partial charge on any atom is -0.497 e. The highest BCUT2D eigenvalue weighted by Crippen LogP contribution is 2.29. The molecule has 8 nitrogen and oxygen atoms in total. The average molecular weight is 463 g/mol. The van der Waals surface area contributed by atoms with Crippen molar-refractivity contribution in [3.63, 3.8) is 0 Å². The zero-order valence-electron chi connectivity index (χ0n) is 19.5. The molecule has 178 valence electrons. The van der Waals surface area contributed by atoms with Crippen molar-refractivity contribution in [1.29, 1.82) is 0 Å². The number of aliphatic hydroxyl groups excluding tert-OH is 1. The topological polar surface area (TPSA) is 92.8 Å². The molecule has 2 N–H and O–H groups in total. The van der Waals surface area contributed by atoms with Crippen LogP contribution >= 0.6 is 0 Å². The van der Waals surface area contributed by atoms with Crippen LogP contribution in [0.5, 0.6) is 5.75 Å². The van der Waals surface area contributed by atoms with Gasteiger partial charge in [-0.2, -0.15) is 0 Å². The van der Waals surface area contributed by atoms with Gasteiger partial charge in [-0.1, -0.05) is 6.07 Å². The van der Waals surface area contributed by atoms with Gasteiger partial charge in [-0.05, 0) is 73.5 Å². The van der Waals surface area contributed by atoms with E-state index in [1.54, 1.807) is 20.4 Å². The van der Waals surface area contributed by atoms with Crippen LogP contribution in [-0.2, 0) is 13.6 Å². The van der Waals surface area contributed by atoms with E-state index in [1.807, 2.05) is 42.5 Å². The predicted molar refractivity (Wildman–Crippen MR) is 131 cm³/mol. The lowest BCUT2D eigenvalue weighted by molar-refractivity contribution is 0.0706. The molecule has 1 aliphatic heterocycles. The van der Waals surface area contributed by atoms with E-state index in [0.717, 1.165) is 59.2 Å². The Hall–Kier alpha value is -3.20. The molecule has 0 spiro atoms. The minimum absolute atomic E-state index is 0.344. The third-order valence-corrected chi connectivity index (χ3v) is 6.82. The van der Waals surface area contributed by atoms with E-state index in [4.69, 9.17) is 9.15 Å². The van der Waals surface area contributed by atoms with Gasteiger partial charge < -0.3 is 19.6 Å². The summed E-state index contributed by atoms with van der Waals surface area (Å²) in [6.07, 6.45) is 3.08. The fourth-order valence-electron chi connectivity index (χ4n) is 4.91. The Morgan fingerprint density at radius 2 is 2.06 bits per heavy atom. The van der Waals surface area contributed by atoms with Gasteiger partial charge in [-0.3, -0.25) is 14.5 Å². The highest BCUT2D eigenvalue weighted by atomic mass is 16.5. The Morgan fingerprint density at radius 1 is 1.24 bits per heavy atom. The highest BCUT2D eigenvalue weighted by molar-refractivity contribution is 5.83. The maximum absolute atomic E-state index is 11.9. The first-order valence-electron chi connectivity index (χ1n) is 11.7. The van der Waals surface area contributed by atoms with Crippen LogP contribution in [0.4, 0.5) is 0 Å². The molecule has 1 saturated heterocycles. The second-order valence-electron chi connectivity index (χ2n) is 8.94. The maximum Gasteiger partial charge on any atom is 0.419 e. The van der Waals surface area contributed by atoms with Gasteiger partial charge >= 0.3 is 5.76 Å². The lowest BCUT2D eigenvalue weighted by Crippen LogP contribution is -2.44. The smallest absolute Gasteiger partial charge is 0.419 e. The van der Waals surface area contributed by atoms with Gasteiger partial charge in [0.1, 0.15) is 5.75 Å². The lowest BCUT2D eigenvalue weighted by Gasteiger charge is -2.36. The Labute approximate surface area is 197 Å². The van der Waals surface area contributed by atoms with Crippen molar-refractivity contribution in [3.05, 3.63) is 70.3 Å². The molecule has 0 radical (unpaired) electrons. The maximum atomic E-state index is 11.9. The van der Waals surface area contributed by atoms with E-state index in [2.05, 4.69) is 15.2 Å². The summed E-state index contributed by atoms with van der Waals surface area (Å²) >= 11 is 0. The first-order chi connectivity index (χ1) is 16.5. The van der Waals surface area contributed by atoms with E-state index < -0.39 is 6.10 Å². The summed E-state index contributed by atoms with van der Waals surface area (Å²) in [4.78, 5) is 18.7. The summed E-state index contributed by atoms with van der Waals surface area (Å²) in [6.45, 7) is 3.05. The fourth-order valence-corrected chi connectivity index (χ4v) is 4.91. The van der Waals surface area contributed by atoms with Crippen LogP contribution < -0.4 is 15.8 Å². The first-order valence-corrected chi connectivity index (χ1v) is 11.7. The number of aliphatic hydroxyl groups is 1. The van der Waals surface area contributed by atoms with Crippen LogP contribution in [0.15, 0.2) is 57.9 Å². The van der Waals surface area contributed by atoms with Crippen LogP contribution in [0, 0.1) is 0 Å². The second-order valence-corrected chi connectivity index (χ2v) is 8.94. The van der Waals surface area contributed by atoms with Gasteiger partial charge in [-0.25, -0.2) is 4.79 Å². The summed E-state index contributed by atoms with van der Waals surface area (Å²) in [5, 5.41) is 15.7. The SMILES string of the molecule is COc1ccc2nccc([C@@H](O)CN(Cc3ccc4c(c3)oc(=O)n4C)C3CCNCC3)c2c1. The van der Waals surface area contributed by atoms with Crippen molar-refractivity contribution in [2.24, 2.45) is 7.05 Å². The number of fused-ring (bicyclic) bond motifs is 2. The molecular formula is C26H30N4O4. The third-order valence-electron chi connectivity index (χ3n) is 6.82. The molecule has 2 aromatic carbocycles. The van der Waals surface area contributed by atoms with Crippen LogP contribution in [0.25, 0.3) is 22.0 Å². The van der Waals surface area contributed by atoms with Crippen molar-refractivity contribution >= 4 is 22.0 Å². The third kappa shape index (κ3) is 4.44. The van der Waals surface area contributed by atoms with Gasteiger partial charge in [0.15, 0.2) is 5.58 Å². The number of benzene rings is 2. The lowest BCUT2D eigenvalue weighted by atomic mass is 9.99. The van der Waals surface area contributed by atoms with Crippen LogP contribution in [0.2, 0.25) is 0 Å². The Balaban J connectivity index is 1.44. The number of methoxy groups -OCH3 is 1. The highest BCUT2D eigenvalue weighted by Gasteiger charge is 2.25.